The van der Waals surface area contributed by atoms with Crippen molar-refractivity contribution in [2.45, 2.75) is 18.4 Å². The van der Waals surface area contributed by atoms with E-state index >= 15 is 0 Å². The minimum absolute atomic E-state index is 0.204. The molecule has 1 saturated heterocycles. The van der Waals surface area contributed by atoms with Gasteiger partial charge < -0.3 is 9.72 Å². The number of carbonyl (C=O) groups is 1. The highest BCUT2D eigenvalue weighted by molar-refractivity contribution is 8.19. The number of aromatic amines is 1. The fraction of sp³-hybridized carbons (Fsp3) is 0.545. The average Bonchev–Trinajstić information content (AvgIpc) is 2.86. The summed E-state index contributed by atoms with van der Waals surface area (Å²) >= 11 is 3.76. The van der Waals surface area contributed by atoms with Gasteiger partial charge in [-0.1, -0.05) is 0 Å². The summed E-state index contributed by atoms with van der Waals surface area (Å²) in [6.45, 7) is 4.20. The summed E-state index contributed by atoms with van der Waals surface area (Å²) in [5, 5.41) is 0. The quantitative estimate of drug-likeness (QED) is 0.845. The van der Waals surface area contributed by atoms with Crippen molar-refractivity contribution in [1.82, 2.24) is 4.98 Å². The molecule has 88 valence electrons. The lowest BCUT2D eigenvalue weighted by Crippen LogP contribution is -2.08. The van der Waals surface area contributed by atoms with Crippen LogP contribution in [0.2, 0.25) is 0 Å². The van der Waals surface area contributed by atoms with E-state index in [1.165, 1.54) is 0 Å². The first-order chi connectivity index (χ1) is 7.74. The molecule has 0 aromatic carbocycles. The SMILES string of the molecule is CCOC(=O)c1c(C)c[nH]c1C1SCCS1. The van der Waals surface area contributed by atoms with Crippen molar-refractivity contribution < 1.29 is 9.53 Å². The summed E-state index contributed by atoms with van der Waals surface area (Å²) in [6.07, 6.45) is 1.89. The van der Waals surface area contributed by atoms with Crippen LogP contribution in [0.5, 0.6) is 0 Å². The Morgan fingerprint density at radius 2 is 2.25 bits per heavy atom. The molecule has 5 heteroatoms. The van der Waals surface area contributed by atoms with Gasteiger partial charge in [0, 0.05) is 17.7 Å². The van der Waals surface area contributed by atoms with Gasteiger partial charge in [-0.05, 0) is 19.4 Å². The Bertz CT molecular complexity index is 383. The summed E-state index contributed by atoms with van der Waals surface area (Å²) < 4.78 is 5.44. The molecule has 16 heavy (non-hydrogen) atoms. The van der Waals surface area contributed by atoms with Crippen LogP contribution >= 0.6 is 23.5 Å². The number of hydrogen-bond donors (Lipinski definition) is 1. The number of thioether (sulfide) groups is 2. The minimum Gasteiger partial charge on any atom is -0.462 e. The smallest absolute Gasteiger partial charge is 0.340 e. The van der Waals surface area contributed by atoms with Crippen LogP contribution in [0.4, 0.5) is 0 Å². The first kappa shape index (κ1) is 11.9. The van der Waals surface area contributed by atoms with Crippen LogP contribution in [-0.2, 0) is 4.74 Å². The fourth-order valence-electron chi connectivity index (χ4n) is 1.73. The topological polar surface area (TPSA) is 42.1 Å². The maximum Gasteiger partial charge on any atom is 0.340 e. The molecule has 1 N–H and O–H groups in total. The zero-order valence-electron chi connectivity index (χ0n) is 9.41. The molecule has 0 radical (unpaired) electrons. The van der Waals surface area contributed by atoms with Crippen molar-refractivity contribution in [1.29, 1.82) is 0 Å². The maximum absolute atomic E-state index is 11.8. The number of H-pyrrole nitrogens is 1. The predicted molar refractivity (Wildman–Crippen MR) is 69.1 cm³/mol. The van der Waals surface area contributed by atoms with Gasteiger partial charge in [0.2, 0.25) is 0 Å². The number of nitrogens with one attached hydrogen (secondary N) is 1. The molecule has 1 fully saturated rings. The van der Waals surface area contributed by atoms with E-state index in [1.807, 2.05) is 43.6 Å². The lowest BCUT2D eigenvalue weighted by atomic mass is 10.2. The highest BCUT2D eigenvalue weighted by atomic mass is 32.2. The Kier molecular flexibility index (Phi) is 3.86. The van der Waals surface area contributed by atoms with Crippen LogP contribution in [0.3, 0.4) is 0 Å². The molecular weight excluding hydrogens is 242 g/mol. The second-order valence-corrected chi connectivity index (χ2v) is 6.28. The highest BCUT2D eigenvalue weighted by Crippen LogP contribution is 2.46. The molecule has 1 aromatic rings. The second kappa shape index (κ2) is 5.19. The minimum atomic E-state index is -0.204. The number of aryl methyl sites for hydroxylation is 1. The van der Waals surface area contributed by atoms with Crippen LogP contribution in [0.15, 0.2) is 6.20 Å². The van der Waals surface area contributed by atoms with Crippen molar-refractivity contribution in [3.63, 3.8) is 0 Å². The number of aromatic nitrogens is 1. The van der Waals surface area contributed by atoms with Gasteiger partial charge in [-0.25, -0.2) is 4.79 Å². The first-order valence-electron chi connectivity index (χ1n) is 5.32. The van der Waals surface area contributed by atoms with E-state index in [4.69, 9.17) is 4.74 Å². The molecule has 2 rings (SSSR count). The third kappa shape index (κ3) is 2.25. The number of ether oxygens (including phenoxy) is 1. The molecule has 0 unspecified atom stereocenters. The average molecular weight is 257 g/mol. The van der Waals surface area contributed by atoms with Gasteiger partial charge in [-0.15, -0.1) is 23.5 Å². The lowest BCUT2D eigenvalue weighted by Gasteiger charge is -2.09. The summed E-state index contributed by atoms with van der Waals surface area (Å²) in [7, 11) is 0. The number of hydrogen-bond acceptors (Lipinski definition) is 4. The zero-order chi connectivity index (χ0) is 11.5. The van der Waals surface area contributed by atoms with Crippen molar-refractivity contribution in [2.75, 3.05) is 18.1 Å². The lowest BCUT2D eigenvalue weighted by molar-refractivity contribution is 0.0525. The number of rotatable bonds is 3. The van der Waals surface area contributed by atoms with Crippen molar-refractivity contribution in [2.24, 2.45) is 0 Å². The molecule has 1 aliphatic rings. The summed E-state index contributed by atoms with van der Waals surface area (Å²) in [5.74, 6) is 2.09. The first-order valence-corrected chi connectivity index (χ1v) is 7.42. The van der Waals surface area contributed by atoms with E-state index < -0.39 is 0 Å². The van der Waals surface area contributed by atoms with Gasteiger partial charge in [0.05, 0.1) is 22.4 Å². The molecule has 0 bridgehead atoms. The van der Waals surface area contributed by atoms with Crippen LogP contribution < -0.4 is 0 Å². The molecule has 2 heterocycles. The summed E-state index contributed by atoms with van der Waals surface area (Å²) in [4.78, 5) is 15.1. The van der Waals surface area contributed by atoms with Gasteiger partial charge in [0.25, 0.3) is 0 Å². The number of carbonyl (C=O) groups excluding carboxylic acids is 1. The third-order valence-corrected chi connectivity index (χ3v) is 5.48. The normalized spacial score (nSPS) is 16.6. The van der Waals surface area contributed by atoms with Gasteiger partial charge in [-0.2, -0.15) is 0 Å². The largest absolute Gasteiger partial charge is 0.462 e. The van der Waals surface area contributed by atoms with E-state index in [0.29, 0.717) is 11.2 Å². The maximum atomic E-state index is 11.8. The zero-order valence-corrected chi connectivity index (χ0v) is 11.0. The molecule has 0 saturated carbocycles. The molecule has 3 nitrogen and oxygen atoms in total. The van der Waals surface area contributed by atoms with Crippen LogP contribution in [0.1, 0.15) is 33.1 Å². The molecule has 0 atom stereocenters. The Labute approximate surface area is 104 Å². The van der Waals surface area contributed by atoms with E-state index in [1.54, 1.807) is 0 Å². The molecule has 1 aliphatic heterocycles. The van der Waals surface area contributed by atoms with Gasteiger partial charge in [-0.3, -0.25) is 0 Å². The standard InChI is InChI=1S/C11H15NO2S2/c1-3-14-10(13)8-7(2)6-12-9(8)11-15-4-5-16-11/h6,11-12H,3-5H2,1-2H3. The Hall–Kier alpha value is -0.550. The second-order valence-electron chi connectivity index (χ2n) is 3.55. The highest BCUT2D eigenvalue weighted by Gasteiger charge is 2.27. The van der Waals surface area contributed by atoms with Crippen molar-refractivity contribution in [3.05, 3.63) is 23.0 Å². The molecular formula is C11H15NO2S2. The number of esters is 1. The van der Waals surface area contributed by atoms with Crippen LogP contribution in [-0.4, -0.2) is 29.1 Å². The predicted octanol–water partition coefficient (Wildman–Crippen LogP) is 2.98. The van der Waals surface area contributed by atoms with Crippen molar-refractivity contribution >= 4 is 29.5 Å². The fourth-order valence-corrected chi connectivity index (χ4v) is 4.59. The van der Waals surface area contributed by atoms with Crippen molar-refractivity contribution in [3.8, 4) is 0 Å². The summed E-state index contributed by atoms with van der Waals surface area (Å²) in [6, 6.07) is 0. The monoisotopic (exact) mass is 257 g/mol. The van der Waals surface area contributed by atoms with E-state index in [2.05, 4.69) is 4.98 Å². The molecule has 1 aromatic heterocycles. The van der Waals surface area contributed by atoms with E-state index in [0.717, 1.165) is 28.3 Å². The van der Waals surface area contributed by atoms with Crippen LogP contribution in [0.25, 0.3) is 0 Å². The molecule has 0 spiro atoms. The molecule has 0 amide bonds. The Balaban J connectivity index is 2.27. The van der Waals surface area contributed by atoms with Gasteiger partial charge in [0.15, 0.2) is 0 Å². The Morgan fingerprint density at radius 3 is 2.88 bits per heavy atom. The Morgan fingerprint density at radius 1 is 1.56 bits per heavy atom. The van der Waals surface area contributed by atoms with E-state index in [-0.39, 0.29) is 5.97 Å². The third-order valence-electron chi connectivity index (χ3n) is 2.44. The van der Waals surface area contributed by atoms with Crippen LogP contribution in [0, 0.1) is 6.92 Å². The van der Waals surface area contributed by atoms with Gasteiger partial charge in [0.1, 0.15) is 0 Å². The van der Waals surface area contributed by atoms with E-state index in [9.17, 15) is 4.79 Å². The molecule has 0 aliphatic carbocycles. The summed E-state index contributed by atoms with van der Waals surface area (Å²) in [5.41, 5.74) is 2.72. The van der Waals surface area contributed by atoms with Gasteiger partial charge >= 0.3 is 5.97 Å².